The third-order valence-electron chi connectivity index (χ3n) is 3.32. The summed E-state index contributed by atoms with van der Waals surface area (Å²) in [5.74, 6) is 2.66. The maximum absolute atomic E-state index is 12.0. The Hall–Kier alpha value is -2.81. The first-order chi connectivity index (χ1) is 11.2. The average molecular weight is 318 g/mol. The monoisotopic (exact) mass is 318 g/mol. The van der Waals surface area contributed by atoms with Crippen LogP contribution in [0.15, 0.2) is 30.3 Å². The number of rotatable bonds is 8. The Morgan fingerprint density at radius 1 is 1.22 bits per heavy atom. The van der Waals surface area contributed by atoms with E-state index in [9.17, 15) is 9.59 Å². The summed E-state index contributed by atoms with van der Waals surface area (Å²) in [6.07, 6.45) is 2.87. The molecule has 6 N–H and O–H groups in total. The number of hydrogen-bond donors (Lipinski definition) is 4. The second kappa shape index (κ2) is 8.59. The maximum atomic E-state index is 12.0. The van der Waals surface area contributed by atoms with Crippen molar-refractivity contribution < 1.29 is 15.4 Å². The van der Waals surface area contributed by atoms with Gasteiger partial charge in [0.25, 0.3) is 5.91 Å². The summed E-state index contributed by atoms with van der Waals surface area (Å²) in [4.78, 5) is 23.7. The van der Waals surface area contributed by atoms with Crippen molar-refractivity contribution in [3.8, 4) is 0 Å². The van der Waals surface area contributed by atoms with Crippen LogP contribution in [0.2, 0.25) is 0 Å². The molecule has 0 fully saturated rings. The van der Waals surface area contributed by atoms with Gasteiger partial charge in [0.2, 0.25) is 11.7 Å². The summed E-state index contributed by atoms with van der Waals surface area (Å²) >= 11 is 0. The number of aryl methyl sites for hydroxylation is 1. The number of hydrogen-bond acceptors (Lipinski definition) is 5. The molecule has 122 valence electrons. The highest BCUT2D eigenvalue weighted by atomic mass is 16.2. The number of H-pyrrole nitrogens is 1. The van der Waals surface area contributed by atoms with Crippen molar-refractivity contribution in [1.82, 2.24) is 31.4 Å². The SMILES string of the molecule is [NH3+]NC(=O)[C@H](NC(=O)CCCCc1ccccc1)c1nn[nH]n1. The molecule has 2 rings (SSSR count). The van der Waals surface area contributed by atoms with Gasteiger partial charge in [0.1, 0.15) is 0 Å². The van der Waals surface area contributed by atoms with Gasteiger partial charge in [-0.25, -0.2) is 5.43 Å². The van der Waals surface area contributed by atoms with Crippen LogP contribution in [0.1, 0.15) is 36.7 Å². The van der Waals surface area contributed by atoms with Crippen LogP contribution in [0.3, 0.4) is 0 Å². The van der Waals surface area contributed by atoms with E-state index in [1.165, 1.54) is 5.56 Å². The van der Waals surface area contributed by atoms with Crippen molar-refractivity contribution in [2.75, 3.05) is 0 Å². The molecule has 0 aliphatic heterocycles. The standard InChI is InChI=1S/C14H19N7O2/c15-17-14(23)12(13-18-20-21-19-13)16-11(22)9-5-4-8-10-6-2-1-3-7-10/h1-3,6-7,12H,4-5,8-9,15H2,(H,16,22)(H,17,23)(H,18,19,20,21)/p+1/t12-/m1/s1. The zero-order valence-corrected chi connectivity index (χ0v) is 12.7. The van der Waals surface area contributed by atoms with Crippen LogP contribution >= 0.6 is 0 Å². The molecule has 0 aliphatic rings. The van der Waals surface area contributed by atoms with Gasteiger partial charge in [0, 0.05) is 6.42 Å². The second-order valence-corrected chi connectivity index (χ2v) is 5.00. The highest BCUT2D eigenvalue weighted by Crippen LogP contribution is 2.09. The molecule has 2 aromatic rings. The summed E-state index contributed by atoms with van der Waals surface area (Å²) in [6, 6.07) is 9.09. The van der Waals surface area contributed by atoms with Crippen molar-refractivity contribution in [3.05, 3.63) is 41.7 Å². The quantitative estimate of drug-likeness (QED) is 0.366. The fourth-order valence-electron chi connectivity index (χ4n) is 2.13. The van der Waals surface area contributed by atoms with Gasteiger partial charge in [-0.05, 0) is 24.8 Å². The molecule has 0 saturated carbocycles. The van der Waals surface area contributed by atoms with Gasteiger partial charge in [-0.1, -0.05) is 35.5 Å². The van der Waals surface area contributed by atoms with Crippen LogP contribution in [0.25, 0.3) is 0 Å². The fraction of sp³-hybridized carbons (Fsp3) is 0.357. The van der Waals surface area contributed by atoms with Crippen molar-refractivity contribution in [1.29, 1.82) is 0 Å². The molecule has 9 heteroatoms. The number of benzene rings is 1. The van der Waals surface area contributed by atoms with Crippen LogP contribution in [-0.2, 0) is 16.0 Å². The summed E-state index contributed by atoms with van der Waals surface area (Å²) in [6.45, 7) is 0. The number of nitrogens with one attached hydrogen (secondary N) is 3. The molecule has 1 aromatic carbocycles. The zero-order valence-electron chi connectivity index (χ0n) is 12.7. The van der Waals surface area contributed by atoms with E-state index >= 15 is 0 Å². The fourth-order valence-corrected chi connectivity index (χ4v) is 2.13. The number of unbranched alkanes of at least 4 members (excludes halogenated alkanes) is 1. The number of tetrazole rings is 1. The summed E-state index contributed by atoms with van der Waals surface area (Å²) < 4.78 is 0. The number of carbonyl (C=O) groups is 2. The minimum Gasteiger partial charge on any atom is -0.338 e. The minimum absolute atomic E-state index is 0.101. The van der Waals surface area contributed by atoms with E-state index in [0.717, 1.165) is 19.3 Å². The molecule has 1 aromatic heterocycles. The molecule has 0 bridgehead atoms. The van der Waals surface area contributed by atoms with E-state index in [4.69, 9.17) is 0 Å². The lowest BCUT2D eigenvalue weighted by atomic mass is 10.1. The number of quaternary nitrogens is 1. The van der Waals surface area contributed by atoms with E-state index in [1.807, 2.05) is 18.2 Å². The molecule has 1 heterocycles. The minimum atomic E-state index is -0.993. The van der Waals surface area contributed by atoms with Crippen LogP contribution in [0.5, 0.6) is 0 Å². The van der Waals surface area contributed by atoms with Crippen LogP contribution < -0.4 is 16.6 Å². The number of nitrogens with zero attached hydrogens (tertiary/aromatic N) is 3. The Bertz CT molecular complexity index is 615. The molecule has 0 spiro atoms. The number of aromatic amines is 1. The first kappa shape index (κ1) is 16.6. The van der Waals surface area contributed by atoms with Gasteiger partial charge in [0.05, 0.1) is 0 Å². The number of aromatic nitrogens is 4. The lowest BCUT2D eigenvalue weighted by molar-refractivity contribution is -0.427. The normalized spacial score (nSPS) is 11.7. The van der Waals surface area contributed by atoms with E-state index in [1.54, 1.807) is 0 Å². The molecular formula is C14H20N7O2+. The topological polar surface area (TPSA) is 140 Å². The van der Waals surface area contributed by atoms with Crippen LogP contribution in [0, 0.1) is 0 Å². The third kappa shape index (κ3) is 5.15. The van der Waals surface area contributed by atoms with Crippen LogP contribution in [-0.4, -0.2) is 32.4 Å². The molecule has 9 nitrogen and oxygen atoms in total. The lowest BCUT2D eigenvalue weighted by Gasteiger charge is -2.12. The van der Waals surface area contributed by atoms with E-state index in [2.05, 4.69) is 49.3 Å². The van der Waals surface area contributed by atoms with Gasteiger partial charge >= 0.3 is 0 Å². The molecule has 0 aliphatic carbocycles. The predicted molar refractivity (Wildman–Crippen MR) is 80.1 cm³/mol. The van der Waals surface area contributed by atoms with Crippen molar-refractivity contribution in [2.45, 2.75) is 31.7 Å². The van der Waals surface area contributed by atoms with Gasteiger partial charge in [0.15, 0.2) is 6.04 Å². The average Bonchev–Trinajstić information content (AvgIpc) is 3.11. The third-order valence-corrected chi connectivity index (χ3v) is 3.32. The van der Waals surface area contributed by atoms with Crippen molar-refractivity contribution in [3.63, 3.8) is 0 Å². The van der Waals surface area contributed by atoms with E-state index in [0.29, 0.717) is 6.42 Å². The Balaban J connectivity index is 1.77. The Morgan fingerprint density at radius 3 is 2.65 bits per heavy atom. The molecule has 23 heavy (non-hydrogen) atoms. The lowest BCUT2D eigenvalue weighted by Crippen LogP contribution is -2.69. The molecule has 1 atom stereocenters. The maximum Gasteiger partial charge on any atom is 0.295 e. The Labute approximate surface area is 133 Å². The number of amides is 2. The number of carbonyl (C=O) groups excluding carboxylic acids is 2. The first-order valence-electron chi connectivity index (χ1n) is 7.34. The second-order valence-electron chi connectivity index (χ2n) is 5.00. The molecule has 2 amide bonds. The van der Waals surface area contributed by atoms with Gasteiger partial charge in [-0.15, -0.1) is 10.2 Å². The largest absolute Gasteiger partial charge is 0.338 e. The highest BCUT2D eigenvalue weighted by Gasteiger charge is 2.26. The van der Waals surface area contributed by atoms with Gasteiger partial charge in [-0.2, -0.15) is 5.21 Å². The Kier molecular flexibility index (Phi) is 6.18. The van der Waals surface area contributed by atoms with Crippen molar-refractivity contribution >= 4 is 11.8 Å². The molecule has 0 radical (unpaired) electrons. The molecule has 0 unspecified atom stereocenters. The summed E-state index contributed by atoms with van der Waals surface area (Å²) in [5, 5.41) is 15.7. The predicted octanol–water partition coefficient (Wildman–Crippen LogP) is -0.957. The van der Waals surface area contributed by atoms with Crippen molar-refractivity contribution in [2.24, 2.45) is 0 Å². The zero-order chi connectivity index (χ0) is 16.5. The highest BCUT2D eigenvalue weighted by molar-refractivity contribution is 5.87. The van der Waals surface area contributed by atoms with Gasteiger partial charge < -0.3 is 5.32 Å². The van der Waals surface area contributed by atoms with Gasteiger partial charge in [-0.3, -0.25) is 15.4 Å². The van der Waals surface area contributed by atoms with E-state index < -0.39 is 11.9 Å². The summed E-state index contributed by atoms with van der Waals surface area (Å²) in [5.41, 5.74) is 3.47. The summed E-state index contributed by atoms with van der Waals surface area (Å²) in [7, 11) is 0. The smallest absolute Gasteiger partial charge is 0.295 e. The van der Waals surface area contributed by atoms with Crippen LogP contribution in [0.4, 0.5) is 0 Å². The molecule has 0 saturated heterocycles. The Morgan fingerprint density at radius 2 is 2.00 bits per heavy atom. The van der Waals surface area contributed by atoms with E-state index in [-0.39, 0.29) is 11.7 Å². The first-order valence-corrected chi connectivity index (χ1v) is 7.34. The molecular weight excluding hydrogens is 298 g/mol.